The Morgan fingerprint density at radius 1 is 1.38 bits per heavy atom. The fraction of sp³-hybridized carbons (Fsp3) is 0.562. The lowest BCUT2D eigenvalue weighted by Gasteiger charge is -2.35. The second-order valence-electron chi connectivity index (χ2n) is 5.75. The topological polar surface area (TPSA) is 49.3 Å². The van der Waals surface area contributed by atoms with Crippen LogP contribution in [0.5, 0.6) is 0 Å². The van der Waals surface area contributed by atoms with Crippen molar-refractivity contribution in [3.63, 3.8) is 0 Å². The third-order valence-corrected chi connectivity index (χ3v) is 5.35. The van der Waals surface area contributed by atoms with Gasteiger partial charge in [-0.25, -0.2) is 0 Å². The Labute approximate surface area is 135 Å². The number of rotatable bonds is 5. The van der Waals surface area contributed by atoms with Crippen LogP contribution in [0.2, 0.25) is 5.02 Å². The molecule has 0 radical (unpaired) electrons. The van der Waals surface area contributed by atoms with Gasteiger partial charge in [-0.1, -0.05) is 30.9 Å². The minimum atomic E-state index is -0.158. The molecule has 21 heavy (non-hydrogen) atoms. The summed E-state index contributed by atoms with van der Waals surface area (Å²) in [6.45, 7) is 0.647. The summed E-state index contributed by atoms with van der Waals surface area (Å²) in [5.74, 6) is -0.158. The van der Waals surface area contributed by atoms with Gasteiger partial charge in [-0.05, 0) is 37.3 Å². The molecule has 1 aliphatic carbocycles. The van der Waals surface area contributed by atoms with Crippen molar-refractivity contribution >= 4 is 29.3 Å². The summed E-state index contributed by atoms with van der Waals surface area (Å²) in [4.78, 5) is 13.4. The molecular formula is C16H22ClNO2S. The van der Waals surface area contributed by atoms with E-state index in [-0.39, 0.29) is 17.9 Å². The van der Waals surface area contributed by atoms with E-state index in [0.29, 0.717) is 17.1 Å². The molecule has 5 heteroatoms. The van der Waals surface area contributed by atoms with Crippen molar-refractivity contribution in [3.05, 3.63) is 28.8 Å². The Morgan fingerprint density at radius 3 is 2.71 bits per heavy atom. The Balaban J connectivity index is 2.04. The number of carbonyl (C=O) groups excluding carboxylic acids is 1. The van der Waals surface area contributed by atoms with Crippen molar-refractivity contribution in [2.45, 2.75) is 37.0 Å². The maximum atomic E-state index is 12.3. The number of halogens is 1. The van der Waals surface area contributed by atoms with Crippen molar-refractivity contribution in [2.75, 3.05) is 19.4 Å². The smallest absolute Gasteiger partial charge is 0.252 e. The fourth-order valence-corrected chi connectivity index (χ4v) is 3.50. The molecule has 2 N–H and O–H groups in total. The lowest BCUT2D eigenvalue weighted by atomic mass is 9.74. The summed E-state index contributed by atoms with van der Waals surface area (Å²) in [5, 5.41) is 13.1. The molecule has 1 saturated carbocycles. The molecule has 1 amide bonds. The van der Waals surface area contributed by atoms with E-state index in [1.54, 1.807) is 17.8 Å². The van der Waals surface area contributed by atoms with E-state index in [1.165, 1.54) is 6.42 Å². The Hall–Kier alpha value is -0.710. The number of amides is 1. The Kier molecular flexibility index (Phi) is 5.97. The SMILES string of the molecule is CSc1ccc(Cl)c(C(=O)NCC2(CO)CCCCC2)c1. The van der Waals surface area contributed by atoms with Gasteiger partial charge in [0.1, 0.15) is 0 Å². The largest absolute Gasteiger partial charge is 0.396 e. The number of aliphatic hydroxyl groups excluding tert-OH is 1. The van der Waals surface area contributed by atoms with Gasteiger partial charge >= 0.3 is 0 Å². The zero-order chi connectivity index (χ0) is 15.3. The molecule has 0 bridgehead atoms. The predicted octanol–water partition coefficient (Wildman–Crippen LogP) is 3.73. The van der Waals surface area contributed by atoms with E-state index in [0.717, 1.165) is 30.6 Å². The molecule has 0 spiro atoms. The summed E-state index contributed by atoms with van der Waals surface area (Å²) in [6.07, 6.45) is 7.38. The van der Waals surface area contributed by atoms with Gasteiger partial charge in [0.05, 0.1) is 17.2 Å². The monoisotopic (exact) mass is 327 g/mol. The molecule has 116 valence electrons. The number of thioether (sulfide) groups is 1. The molecular weight excluding hydrogens is 306 g/mol. The van der Waals surface area contributed by atoms with E-state index >= 15 is 0 Å². The van der Waals surface area contributed by atoms with E-state index in [9.17, 15) is 9.90 Å². The third kappa shape index (κ3) is 4.15. The Morgan fingerprint density at radius 2 is 2.10 bits per heavy atom. The van der Waals surface area contributed by atoms with Crippen molar-refractivity contribution in [1.29, 1.82) is 0 Å². The number of benzene rings is 1. The molecule has 0 atom stereocenters. The van der Waals surface area contributed by atoms with Gasteiger partial charge in [0, 0.05) is 16.9 Å². The number of nitrogens with one attached hydrogen (secondary N) is 1. The number of hydrogen-bond acceptors (Lipinski definition) is 3. The van der Waals surface area contributed by atoms with Crippen LogP contribution in [0.1, 0.15) is 42.5 Å². The summed E-state index contributed by atoms with van der Waals surface area (Å²) < 4.78 is 0. The summed E-state index contributed by atoms with van der Waals surface area (Å²) in [6, 6.07) is 5.47. The zero-order valence-corrected chi connectivity index (χ0v) is 13.9. The average Bonchev–Trinajstić information content (AvgIpc) is 2.54. The number of aliphatic hydroxyl groups is 1. The molecule has 0 heterocycles. The molecule has 1 aromatic rings. The summed E-state index contributed by atoms with van der Waals surface area (Å²) >= 11 is 7.70. The van der Waals surface area contributed by atoms with E-state index in [1.807, 2.05) is 18.4 Å². The molecule has 0 aromatic heterocycles. The fourth-order valence-electron chi connectivity index (χ4n) is 2.86. The maximum Gasteiger partial charge on any atom is 0.252 e. The third-order valence-electron chi connectivity index (χ3n) is 4.29. The van der Waals surface area contributed by atoms with Gasteiger partial charge < -0.3 is 10.4 Å². The average molecular weight is 328 g/mol. The first-order valence-electron chi connectivity index (χ1n) is 7.33. The summed E-state index contributed by atoms with van der Waals surface area (Å²) in [7, 11) is 0. The van der Waals surface area contributed by atoms with Crippen molar-refractivity contribution in [1.82, 2.24) is 5.32 Å². The predicted molar refractivity (Wildman–Crippen MR) is 88.2 cm³/mol. The van der Waals surface area contributed by atoms with E-state index in [2.05, 4.69) is 5.32 Å². The molecule has 0 aliphatic heterocycles. The maximum absolute atomic E-state index is 12.3. The summed E-state index contributed by atoms with van der Waals surface area (Å²) in [5.41, 5.74) is 0.352. The Bertz CT molecular complexity index is 501. The molecule has 1 aliphatic rings. The molecule has 0 saturated heterocycles. The van der Waals surface area contributed by atoms with Gasteiger partial charge in [0.2, 0.25) is 0 Å². The van der Waals surface area contributed by atoms with Crippen LogP contribution in [0, 0.1) is 5.41 Å². The standard InChI is InChI=1S/C16H22ClNO2S/c1-21-12-5-6-14(17)13(9-12)15(20)18-10-16(11-19)7-3-2-4-8-16/h5-6,9,19H,2-4,7-8,10-11H2,1H3,(H,18,20). The van der Waals surface area contributed by atoms with Gasteiger partial charge in [-0.15, -0.1) is 11.8 Å². The highest BCUT2D eigenvalue weighted by Crippen LogP contribution is 2.35. The van der Waals surface area contributed by atoms with Crippen molar-refractivity contribution in [2.24, 2.45) is 5.41 Å². The normalized spacial score (nSPS) is 17.5. The van der Waals surface area contributed by atoms with Crippen LogP contribution in [0.4, 0.5) is 0 Å². The van der Waals surface area contributed by atoms with Gasteiger partial charge in [0.15, 0.2) is 0 Å². The zero-order valence-electron chi connectivity index (χ0n) is 12.3. The van der Waals surface area contributed by atoms with Crippen LogP contribution in [0.3, 0.4) is 0 Å². The second-order valence-corrected chi connectivity index (χ2v) is 7.03. The van der Waals surface area contributed by atoms with Gasteiger partial charge in [-0.2, -0.15) is 0 Å². The minimum Gasteiger partial charge on any atom is -0.396 e. The van der Waals surface area contributed by atoms with Crippen LogP contribution in [-0.2, 0) is 0 Å². The molecule has 1 fully saturated rings. The lowest BCUT2D eigenvalue weighted by molar-refractivity contribution is 0.0718. The first-order valence-corrected chi connectivity index (χ1v) is 8.93. The molecule has 2 rings (SSSR count). The van der Waals surface area contributed by atoms with E-state index in [4.69, 9.17) is 11.6 Å². The van der Waals surface area contributed by atoms with Gasteiger partial charge in [0.25, 0.3) is 5.91 Å². The highest BCUT2D eigenvalue weighted by atomic mass is 35.5. The van der Waals surface area contributed by atoms with Crippen LogP contribution < -0.4 is 5.32 Å². The van der Waals surface area contributed by atoms with Crippen molar-refractivity contribution in [3.8, 4) is 0 Å². The first kappa shape index (κ1) is 16.7. The molecule has 0 unspecified atom stereocenters. The second kappa shape index (κ2) is 7.52. The van der Waals surface area contributed by atoms with E-state index < -0.39 is 0 Å². The van der Waals surface area contributed by atoms with Crippen LogP contribution in [0.15, 0.2) is 23.1 Å². The van der Waals surface area contributed by atoms with Crippen LogP contribution >= 0.6 is 23.4 Å². The lowest BCUT2D eigenvalue weighted by Crippen LogP contribution is -2.41. The highest BCUT2D eigenvalue weighted by Gasteiger charge is 2.31. The molecule has 1 aromatic carbocycles. The molecule has 3 nitrogen and oxygen atoms in total. The quantitative estimate of drug-likeness (QED) is 0.810. The van der Waals surface area contributed by atoms with Gasteiger partial charge in [-0.3, -0.25) is 4.79 Å². The minimum absolute atomic E-state index is 0.131. The number of carbonyl (C=O) groups is 1. The van der Waals surface area contributed by atoms with Crippen LogP contribution in [-0.4, -0.2) is 30.4 Å². The highest BCUT2D eigenvalue weighted by molar-refractivity contribution is 7.98. The first-order chi connectivity index (χ1) is 10.1. The van der Waals surface area contributed by atoms with Crippen molar-refractivity contribution < 1.29 is 9.90 Å². The van der Waals surface area contributed by atoms with Crippen LogP contribution in [0.25, 0.3) is 0 Å². The number of hydrogen-bond donors (Lipinski definition) is 2.